The van der Waals surface area contributed by atoms with Gasteiger partial charge in [-0.05, 0) is 0 Å². The van der Waals surface area contributed by atoms with Gasteiger partial charge in [-0.15, -0.1) is 0 Å². The van der Waals surface area contributed by atoms with E-state index < -0.39 is 0 Å². The van der Waals surface area contributed by atoms with Crippen molar-refractivity contribution in [3.63, 3.8) is 0 Å². The first-order valence-corrected chi connectivity index (χ1v) is 5.10. The molecular formula is C6H8Br2O. The normalized spacial score (nSPS) is 23.6. The van der Waals surface area contributed by atoms with Crippen molar-refractivity contribution in [2.75, 3.05) is 10.7 Å². The first-order valence-electron chi connectivity index (χ1n) is 2.86. The number of rotatable bonds is 2. The smallest absolute Gasteiger partial charge is 0.134 e. The van der Waals surface area contributed by atoms with E-state index in [4.69, 9.17) is 0 Å². The van der Waals surface area contributed by atoms with E-state index >= 15 is 0 Å². The second-order valence-corrected chi connectivity index (χ2v) is 3.78. The lowest BCUT2D eigenvalue weighted by Gasteiger charge is -2.37. The van der Waals surface area contributed by atoms with E-state index in [1.54, 1.807) is 0 Å². The summed E-state index contributed by atoms with van der Waals surface area (Å²) >= 11 is 6.78. The maximum Gasteiger partial charge on any atom is 0.134 e. The van der Waals surface area contributed by atoms with Crippen LogP contribution in [-0.2, 0) is 4.79 Å². The van der Waals surface area contributed by atoms with Crippen molar-refractivity contribution in [3.05, 3.63) is 0 Å². The number of hydrogen-bond donors (Lipinski definition) is 0. The van der Waals surface area contributed by atoms with Crippen molar-refractivity contribution in [1.29, 1.82) is 0 Å². The van der Waals surface area contributed by atoms with E-state index in [0.717, 1.165) is 23.5 Å². The SMILES string of the molecule is O=C1CC(CBr)(CBr)C1. The molecule has 52 valence electrons. The molecule has 1 fully saturated rings. The van der Waals surface area contributed by atoms with Crippen LogP contribution in [0, 0.1) is 5.41 Å². The fraction of sp³-hybridized carbons (Fsp3) is 0.833. The Balaban J connectivity index is 2.44. The molecule has 1 aliphatic carbocycles. The zero-order chi connectivity index (χ0) is 6.91. The van der Waals surface area contributed by atoms with Gasteiger partial charge in [-0.25, -0.2) is 0 Å². The molecule has 0 spiro atoms. The Morgan fingerprint density at radius 3 is 1.89 bits per heavy atom. The molecular weight excluding hydrogens is 248 g/mol. The van der Waals surface area contributed by atoms with Crippen LogP contribution in [-0.4, -0.2) is 16.4 Å². The second-order valence-electron chi connectivity index (χ2n) is 2.66. The van der Waals surface area contributed by atoms with Gasteiger partial charge in [0.05, 0.1) is 0 Å². The highest BCUT2D eigenvalue weighted by molar-refractivity contribution is 9.09. The van der Waals surface area contributed by atoms with Gasteiger partial charge in [0.1, 0.15) is 5.78 Å². The van der Waals surface area contributed by atoms with Gasteiger partial charge in [0.2, 0.25) is 0 Å². The Hall–Kier alpha value is 0.630. The third-order valence-corrected chi connectivity index (χ3v) is 4.09. The molecule has 0 aromatic rings. The number of hydrogen-bond acceptors (Lipinski definition) is 1. The van der Waals surface area contributed by atoms with Crippen LogP contribution in [0.5, 0.6) is 0 Å². The largest absolute Gasteiger partial charge is 0.300 e. The number of Topliss-reactive ketones (excluding diaryl/α,β-unsaturated/α-hetero) is 1. The summed E-state index contributed by atoms with van der Waals surface area (Å²) in [6, 6.07) is 0. The van der Waals surface area contributed by atoms with Gasteiger partial charge in [0, 0.05) is 28.9 Å². The van der Waals surface area contributed by atoms with Gasteiger partial charge < -0.3 is 0 Å². The summed E-state index contributed by atoms with van der Waals surface area (Å²) in [4.78, 5) is 10.6. The summed E-state index contributed by atoms with van der Waals surface area (Å²) in [7, 11) is 0. The van der Waals surface area contributed by atoms with Crippen molar-refractivity contribution < 1.29 is 4.79 Å². The van der Waals surface area contributed by atoms with E-state index in [-0.39, 0.29) is 5.41 Å². The molecule has 9 heavy (non-hydrogen) atoms. The predicted molar refractivity (Wildman–Crippen MR) is 44.3 cm³/mol. The van der Waals surface area contributed by atoms with Crippen LogP contribution in [0.4, 0.5) is 0 Å². The van der Waals surface area contributed by atoms with E-state index in [2.05, 4.69) is 31.9 Å². The zero-order valence-electron chi connectivity index (χ0n) is 4.99. The fourth-order valence-corrected chi connectivity index (χ4v) is 2.73. The minimum atomic E-state index is 0.261. The number of halogens is 2. The van der Waals surface area contributed by atoms with E-state index in [1.165, 1.54) is 0 Å². The quantitative estimate of drug-likeness (QED) is 0.691. The van der Waals surface area contributed by atoms with Gasteiger partial charge in [-0.3, -0.25) is 4.79 Å². The Morgan fingerprint density at radius 2 is 1.78 bits per heavy atom. The van der Waals surface area contributed by atoms with Gasteiger partial charge in [-0.1, -0.05) is 31.9 Å². The molecule has 0 heterocycles. The summed E-state index contributed by atoms with van der Waals surface area (Å²) < 4.78 is 0. The lowest BCUT2D eigenvalue weighted by molar-refractivity contribution is -0.130. The molecule has 0 unspecified atom stereocenters. The molecule has 0 aliphatic heterocycles. The first kappa shape index (κ1) is 7.73. The highest BCUT2D eigenvalue weighted by Crippen LogP contribution is 2.40. The van der Waals surface area contributed by atoms with Crippen LogP contribution in [0.1, 0.15) is 12.8 Å². The van der Waals surface area contributed by atoms with Crippen LogP contribution in [0.2, 0.25) is 0 Å². The highest BCUT2D eigenvalue weighted by Gasteiger charge is 2.41. The molecule has 1 saturated carbocycles. The monoisotopic (exact) mass is 254 g/mol. The van der Waals surface area contributed by atoms with E-state index in [9.17, 15) is 4.79 Å². The third kappa shape index (κ3) is 1.37. The number of carbonyl (C=O) groups is 1. The molecule has 0 aromatic carbocycles. The third-order valence-electron chi connectivity index (χ3n) is 1.71. The maximum absolute atomic E-state index is 10.6. The molecule has 0 N–H and O–H groups in total. The highest BCUT2D eigenvalue weighted by atomic mass is 79.9. The van der Waals surface area contributed by atoms with E-state index in [1.807, 2.05) is 0 Å². The summed E-state index contributed by atoms with van der Waals surface area (Å²) in [5.41, 5.74) is 0.261. The van der Waals surface area contributed by atoms with Crippen molar-refractivity contribution in [2.45, 2.75) is 12.8 Å². The molecule has 0 atom stereocenters. The molecule has 0 amide bonds. The van der Waals surface area contributed by atoms with Crippen LogP contribution in [0.15, 0.2) is 0 Å². The first-order chi connectivity index (χ1) is 4.22. The number of alkyl halides is 2. The lowest BCUT2D eigenvalue weighted by atomic mass is 9.71. The Kier molecular flexibility index (Phi) is 2.32. The van der Waals surface area contributed by atoms with Crippen molar-refractivity contribution >= 4 is 37.6 Å². The number of ketones is 1. The zero-order valence-corrected chi connectivity index (χ0v) is 8.16. The average molecular weight is 256 g/mol. The fourth-order valence-electron chi connectivity index (χ4n) is 1.01. The molecule has 1 nitrogen and oxygen atoms in total. The number of carbonyl (C=O) groups excluding carboxylic acids is 1. The van der Waals surface area contributed by atoms with Crippen LogP contribution in [0.25, 0.3) is 0 Å². The maximum atomic E-state index is 10.6. The van der Waals surface area contributed by atoms with Crippen molar-refractivity contribution in [2.24, 2.45) is 5.41 Å². The molecule has 0 radical (unpaired) electrons. The Labute approximate surface area is 71.5 Å². The minimum Gasteiger partial charge on any atom is -0.300 e. The minimum absolute atomic E-state index is 0.261. The van der Waals surface area contributed by atoms with Gasteiger partial charge in [0.15, 0.2) is 0 Å². The molecule has 3 heteroatoms. The van der Waals surface area contributed by atoms with Crippen molar-refractivity contribution in [1.82, 2.24) is 0 Å². The molecule has 0 bridgehead atoms. The standard InChI is InChI=1S/C6H8Br2O/c7-3-6(4-8)1-5(9)2-6/h1-4H2. The predicted octanol–water partition coefficient (Wildman–Crippen LogP) is 2.13. The van der Waals surface area contributed by atoms with Gasteiger partial charge in [-0.2, -0.15) is 0 Å². The summed E-state index contributed by atoms with van der Waals surface area (Å²) in [5, 5.41) is 1.88. The van der Waals surface area contributed by atoms with Gasteiger partial charge in [0.25, 0.3) is 0 Å². The summed E-state index contributed by atoms with van der Waals surface area (Å²) in [6.45, 7) is 0. The Bertz CT molecular complexity index is 119. The van der Waals surface area contributed by atoms with Crippen molar-refractivity contribution in [3.8, 4) is 0 Å². The molecule has 0 aromatic heterocycles. The summed E-state index contributed by atoms with van der Waals surface area (Å²) in [6.07, 6.45) is 1.51. The average Bonchev–Trinajstić information content (AvgIpc) is 1.81. The topological polar surface area (TPSA) is 17.1 Å². The Morgan fingerprint density at radius 1 is 1.33 bits per heavy atom. The van der Waals surface area contributed by atoms with Gasteiger partial charge >= 0.3 is 0 Å². The molecule has 0 saturated heterocycles. The van der Waals surface area contributed by atoms with Crippen LogP contribution < -0.4 is 0 Å². The lowest BCUT2D eigenvalue weighted by Crippen LogP contribution is -2.40. The molecule has 1 aliphatic rings. The molecule has 1 rings (SSSR count). The van der Waals surface area contributed by atoms with Crippen LogP contribution in [0.3, 0.4) is 0 Å². The summed E-state index contributed by atoms with van der Waals surface area (Å²) in [5.74, 6) is 0.397. The van der Waals surface area contributed by atoms with E-state index in [0.29, 0.717) is 5.78 Å². The second kappa shape index (κ2) is 2.70. The van der Waals surface area contributed by atoms with Crippen LogP contribution >= 0.6 is 31.9 Å².